The Morgan fingerprint density at radius 3 is 2.62 bits per heavy atom. The van der Waals surface area contributed by atoms with Gasteiger partial charge in [-0.15, -0.1) is 0 Å². The molecule has 3 rings (SSSR count). The van der Waals surface area contributed by atoms with E-state index in [0.717, 1.165) is 4.57 Å². The highest BCUT2D eigenvalue weighted by molar-refractivity contribution is 6.45. The number of aromatic nitrogens is 1. The number of nitrogens with zero attached hydrogens (tertiary/aromatic N) is 1. The molecule has 150 valence electrons. The Bertz CT molecular complexity index is 1350. The molecule has 1 aromatic heterocycles. The van der Waals surface area contributed by atoms with Crippen LogP contribution in [0.1, 0.15) is 39.4 Å². The van der Waals surface area contributed by atoms with Crippen LogP contribution in [0.5, 0.6) is 5.75 Å². The van der Waals surface area contributed by atoms with Crippen LogP contribution in [-0.4, -0.2) is 35.9 Å². The molecule has 7 heteroatoms. The van der Waals surface area contributed by atoms with Gasteiger partial charge in [0.15, 0.2) is 6.61 Å². The standard InChI is InChI=1S/C22H22N2O5/c1-3-15-20(21(26)22(23)27)19-16(24(15)12-14-8-5-4-6-9-14)10-7-11-17(19)29-13-18(25)28-2/h4-11H,3,12-13H2,1-2H3,(H2,23,27)/i1D3,2D3,12D2. The Labute approximate surface area is 179 Å². The molecule has 1 amide bonds. The summed E-state index contributed by atoms with van der Waals surface area (Å²) < 4.78 is 72.8. The average molecular weight is 402 g/mol. The highest BCUT2D eigenvalue weighted by atomic mass is 16.6. The normalized spacial score (nSPS) is 16.1. The zero-order valence-corrected chi connectivity index (χ0v) is 15.1. The lowest BCUT2D eigenvalue weighted by molar-refractivity contribution is -0.142. The third-order valence-corrected chi connectivity index (χ3v) is 4.15. The van der Waals surface area contributed by atoms with Gasteiger partial charge in [-0.25, -0.2) is 4.79 Å². The van der Waals surface area contributed by atoms with Crippen LogP contribution >= 0.6 is 0 Å². The number of ether oxygens (including phenoxy) is 2. The molecule has 0 bridgehead atoms. The molecule has 1 heterocycles. The van der Waals surface area contributed by atoms with Gasteiger partial charge in [0.05, 0.1) is 30.4 Å². The van der Waals surface area contributed by atoms with Crippen LogP contribution in [0.4, 0.5) is 0 Å². The highest BCUT2D eigenvalue weighted by Gasteiger charge is 2.27. The van der Waals surface area contributed by atoms with Crippen LogP contribution in [0.25, 0.3) is 10.9 Å². The van der Waals surface area contributed by atoms with Crippen LogP contribution in [0.2, 0.25) is 0 Å². The molecular formula is C22H22N2O5. The molecule has 0 fully saturated rings. The molecule has 3 aromatic rings. The van der Waals surface area contributed by atoms with E-state index in [4.69, 9.17) is 21.4 Å². The summed E-state index contributed by atoms with van der Waals surface area (Å²) in [7, 11) is -3.03. The fourth-order valence-corrected chi connectivity index (χ4v) is 2.95. The quantitative estimate of drug-likeness (QED) is 0.354. The Kier molecular flexibility index (Phi) is 3.58. The molecule has 0 saturated carbocycles. The first-order valence-corrected chi connectivity index (χ1v) is 8.44. The van der Waals surface area contributed by atoms with Crippen molar-refractivity contribution in [1.82, 2.24) is 4.57 Å². The SMILES string of the molecule is [2H]C([2H])([2H])Cc1c(C(=O)C(N)=O)c2c(OCC(=O)OC([2H])([2H])[2H])cccc2n1C([2H])([2H])c1ccccc1. The molecule has 0 saturated heterocycles. The van der Waals surface area contributed by atoms with Gasteiger partial charge in [-0.05, 0) is 24.1 Å². The average Bonchev–Trinajstić information content (AvgIpc) is 3.09. The summed E-state index contributed by atoms with van der Waals surface area (Å²) in [5.41, 5.74) is 4.50. The number of methoxy groups -OCH3 is 1. The van der Waals surface area contributed by atoms with Crippen molar-refractivity contribution in [2.75, 3.05) is 13.6 Å². The van der Waals surface area contributed by atoms with Crippen LogP contribution in [0.15, 0.2) is 48.5 Å². The third-order valence-electron chi connectivity index (χ3n) is 4.15. The minimum Gasteiger partial charge on any atom is -0.481 e. The van der Waals surface area contributed by atoms with Crippen molar-refractivity contribution in [3.05, 3.63) is 65.4 Å². The maximum atomic E-state index is 13.0. The predicted molar refractivity (Wildman–Crippen MR) is 108 cm³/mol. The Morgan fingerprint density at radius 1 is 1.14 bits per heavy atom. The molecule has 0 unspecified atom stereocenters. The van der Waals surface area contributed by atoms with Gasteiger partial charge in [-0.3, -0.25) is 9.59 Å². The van der Waals surface area contributed by atoms with E-state index < -0.39 is 56.6 Å². The summed E-state index contributed by atoms with van der Waals surface area (Å²) in [6.45, 7) is -6.03. The molecule has 29 heavy (non-hydrogen) atoms. The van der Waals surface area contributed by atoms with Crippen LogP contribution < -0.4 is 10.5 Å². The van der Waals surface area contributed by atoms with E-state index in [1.54, 1.807) is 18.2 Å². The number of ketones is 1. The molecule has 0 spiro atoms. The fraction of sp³-hybridized carbons (Fsp3) is 0.227. The second-order valence-corrected chi connectivity index (χ2v) is 5.92. The van der Waals surface area contributed by atoms with Crippen molar-refractivity contribution in [2.45, 2.75) is 19.8 Å². The lowest BCUT2D eigenvalue weighted by Gasteiger charge is -2.11. The molecule has 7 nitrogen and oxygen atoms in total. The molecule has 0 aliphatic carbocycles. The lowest BCUT2D eigenvalue weighted by Crippen LogP contribution is -2.24. The number of amides is 1. The number of fused-ring (bicyclic) bond motifs is 1. The summed E-state index contributed by atoms with van der Waals surface area (Å²) >= 11 is 0. The van der Waals surface area contributed by atoms with Gasteiger partial charge in [-0.1, -0.05) is 43.3 Å². The minimum atomic E-state index is -3.03. The zero-order chi connectivity index (χ0) is 27.8. The lowest BCUT2D eigenvalue weighted by atomic mass is 10.0. The number of primary amides is 1. The Balaban J connectivity index is 2.34. The molecule has 2 aromatic carbocycles. The van der Waals surface area contributed by atoms with E-state index in [0.29, 0.717) is 0 Å². The number of nitrogens with two attached hydrogens (primary N) is 1. The zero-order valence-electron chi connectivity index (χ0n) is 23.1. The van der Waals surface area contributed by atoms with E-state index in [1.165, 1.54) is 30.3 Å². The number of benzene rings is 2. The number of hydrogen-bond acceptors (Lipinski definition) is 5. The second kappa shape index (κ2) is 8.60. The molecule has 2 N–H and O–H groups in total. The van der Waals surface area contributed by atoms with Gasteiger partial charge >= 0.3 is 5.97 Å². The first kappa shape index (κ1) is 12.1. The smallest absolute Gasteiger partial charge is 0.343 e. The van der Waals surface area contributed by atoms with Gasteiger partial charge < -0.3 is 19.8 Å². The summed E-state index contributed by atoms with van der Waals surface area (Å²) in [5.74, 6) is -4.21. The number of rotatable bonds is 8. The third kappa shape index (κ3) is 3.99. The van der Waals surface area contributed by atoms with Crippen molar-refractivity contribution in [1.29, 1.82) is 0 Å². The molecule has 0 radical (unpaired) electrons. The Morgan fingerprint density at radius 2 is 1.93 bits per heavy atom. The van der Waals surface area contributed by atoms with E-state index in [2.05, 4.69) is 4.74 Å². The van der Waals surface area contributed by atoms with E-state index in [9.17, 15) is 14.4 Å². The Hall–Kier alpha value is -3.61. The van der Waals surface area contributed by atoms with Crippen LogP contribution in [0, 0.1) is 0 Å². The summed E-state index contributed by atoms with van der Waals surface area (Å²) in [6, 6.07) is 11.8. The van der Waals surface area contributed by atoms with E-state index in [-0.39, 0.29) is 27.9 Å². The molecule has 0 aliphatic heterocycles. The van der Waals surface area contributed by atoms with E-state index >= 15 is 0 Å². The van der Waals surface area contributed by atoms with Gasteiger partial charge in [0.2, 0.25) is 0 Å². The maximum Gasteiger partial charge on any atom is 0.343 e. The molecule has 0 aliphatic rings. The van der Waals surface area contributed by atoms with Gasteiger partial charge in [0.25, 0.3) is 11.7 Å². The topological polar surface area (TPSA) is 101 Å². The van der Waals surface area contributed by atoms with Crippen LogP contribution in [-0.2, 0) is 27.2 Å². The maximum absolute atomic E-state index is 13.0. The number of esters is 1. The molecule has 0 atom stereocenters. The second-order valence-electron chi connectivity index (χ2n) is 5.92. The minimum absolute atomic E-state index is 0.0283. The highest BCUT2D eigenvalue weighted by Crippen LogP contribution is 2.35. The number of hydrogen-bond donors (Lipinski definition) is 1. The van der Waals surface area contributed by atoms with Crippen molar-refractivity contribution in [3.63, 3.8) is 0 Å². The van der Waals surface area contributed by atoms with Crippen molar-refractivity contribution in [2.24, 2.45) is 5.73 Å². The van der Waals surface area contributed by atoms with Crippen molar-refractivity contribution in [3.8, 4) is 5.75 Å². The number of carbonyl (C=O) groups is 3. The largest absolute Gasteiger partial charge is 0.481 e. The van der Waals surface area contributed by atoms with Crippen molar-refractivity contribution >= 4 is 28.6 Å². The summed E-state index contributed by atoms with van der Waals surface area (Å²) in [5, 5.41) is -0.174. The number of Topliss-reactive ketones (excluding diaryl/α,β-unsaturated/α-hetero) is 1. The fourth-order valence-electron chi connectivity index (χ4n) is 2.95. The van der Waals surface area contributed by atoms with E-state index in [1.807, 2.05) is 0 Å². The predicted octanol–water partition coefficient (Wildman–Crippen LogP) is 2.47. The van der Waals surface area contributed by atoms with Gasteiger partial charge in [-0.2, -0.15) is 0 Å². The summed E-state index contributed by atoms with van der Waals surface area (Å²) in [4.78, 5) is 36.9. The number of carbonyl (C=O) groups excluding carboxylic acids is 3. The van der Waals surface area contributed by atoms with Crippen molar-refractivity contribution < 1.29 is 34.8 Å². The summed E-state index contributed by atoms with van der Waals surface area (Å²) in [6.07, 6.45) is -0.817. The first-order valence-electron chi connectivity index (χ1n) is 12.4. The van der Waals surface area contributed by atoms with Gasteiger partial charge in [0, 0.05) is 16.3 Å². The van der Waals surface area contributed by atoms with Gasteiger partial charge in [0.1, 0.15) is 5.75 Å². The monoisotopic (exact) mass is 402 g/mol. The van der Waals surface area contributed by atoms with Crippen LogP contribution in [0.3, 0.4) is 0 Å². The molecular weight excluding hydrogens is 372 g/mol. The first-order chi connectivity index (χ1) is 17.0.